The number of amides is 2. The van der Waals surface area contributed by atoms with Gasteiger partial charge in [0.1, 0.15) is 0 Å². The maximum atomic E-state index is 11.9. The lowest BCUT2D eigenvalue weighted by atomic mass is 10.2. The molecule has 2 amide bonds. The third kappa shape index (κ3) is 6.39. The Balaban J connectivity index is 2.58. The van der Waals surface area contributed by atoms with Crippen molar-refractivity contribution in [3.8, 4) is 0 Å². The molecule has 0 aliphatic carbocycles. The van der Waals surface area contributed by atoms with Gasteiger partial charge in [-0.05, 0) is 59.0 Å². The van der Waals surface area contributed by atoms with Gasteiger partial charge < -0.3 is 15.7 Å². The highest BCUT2D eigenvalue weighted by atomic mass is 79.9. The summed E-state index contributed by atoms with van der Waals surface area (Å²) in [5.74, 6) is 1.03. The largest absolute Gasteiger partial charge is 0.478 e. The van der Waals surface area contributed by atoms with E-state index < -0.39 is 5.97 Å². The van der Waals surface area contributed by atoms with Crippen LogP contribution < -0.4 is 10.6 Å². The van der Waals surface area contributed by atoms with Crippen LogP contribution in [0.15, 0.2) is 22.7 Å². The Hall–Kier alpha value is -1.21. The lowest BCUT2D eigenvalue weighted by Crippen LogP contribution is -2.36. The number of carbonyl (C=O) groups is 2. The average molecular weight is 375 g/mol. The zero-order valence-electron chi connectivity index (χ0n) is 12.0. The molecule has 0 saturated carbocycles. The zero-order chi connectivity index (χ0) is 15.8. The van der Waals surface area contributed by atoms with Crippen molar-refractivity contribution in [2.45, 2.75) is 26.3 Å². The predicted octanol–water partition coefficient (Wildman–Crippen LogP) is 3.80. The number of aromatic carboxylic acids is 1. The Morgan fingerprint density at radius 3 is 2.76 bits per heavy atom. The van der Waals surface area contributed by atoms with E-state index in [1.165, 1.54) is 12.1 Å². The zero-order valence-corrected chi connectivity index (χ0v) is 14.4. The van der Waals surface area contributed by atoms with Gasteiger partial charge in [0, 0.05) is 10.5 Å². The first-order chi connectivity index (χ1) is 9.93. The average Bonchev–Trinajstić information content (AvgIpc) is 2.41. The Morgan fingerprint density at radius 1 is 1.43 bits per heavy atom. The molecule has 1 unspecified atom stereocenters. The lowest BCUT2D eigenvalue weighted by molar-refractivity contribution is 0.0697. The van der Waals surface area contributed by atoms with Crippen LogP contribution in [0.1, 0.15) is 30.6 Å². The molecule has 0 aromatic heterocycles. The van der Waals surface area contributed by atoms with Crippen molar-refractivity contribution in [2.75, 3.05) is 16.8 Å². The topological polar surface area (TPSA) is 78.4 Å². The van der Waals surface area contributed by atoms with Gasteiger partial charge in [-0.2, -0.15) is 11.8 Å². The second-order valence-corrected chi connectivity index (χ2v) is 6.73. The van der Waals surface area contributed by atoms with Crippen molar-refractivity contribution in [3.63, 3.8) is 0 Å². The number of halogens is 1. The Kier molecular flexibility index (Phi) is 7.60. The number of hydrogen-bond donors (Lipinski definition) is 3. The minimum Gasteiger partial charge on any atom is -0.478 e. The molecule has 5 nitrogen and oxygen atoms in total. The van der Waals surface area contributed by atoms with Crippen LogP contribution in [0, 0.1) is 0 Å². The number of benzene rings is 1. The molecule has 1 rings (SSSR count). The van der Waals surface area contributed by atoms with Gasteiger partial charge in [0.05, 0.1) is 11.3 Å². The lowest BCUT2D eigenvalue weighted by Gasteiger charge is -2.15. The van der Waals surface area contributed by atoms with Gasteiger partial charge in [-0.3, -0.25) is 0 Å². The normalized spacial score (nSPS) is 11.8. The number of carboxylic acid groups (broad SMARTS) is 1. The molecular weight excluding hydrogens is 356 g/mol. The van der Waals surface area contributed by atoms with E-state index in [9.17, 15) is 9.59 Å². The number of nitrogens with one attached hydrogen (secondary N) is 2. The molecule has 116 valence electrons. The van der Waals surface area contributed by atoms with E-state index in [2.05, 4.69) is 33.5 Å². The first-order valence-electron chi connectivity index (χ1n) is 6.62. The van der Waals surface area contributed by atoms with E-state index in [0.717, 1.165) is 17.9 Å². The molecule has 0 aliphatic rings. The van der Waals surface area contributed by atoms with Crippen LogP contribution in [0.4, 0.5) is 10.5 Å². The number of urea groups is 1. The highest BCUT2D eigenvalue weighted by Gasteiger charge is 2.11. The summed E-state index contributed by atoms with van der Waals surface area (Å²) in [6.45, 7) is 4.04. The maximum absolute atomic E-state index is 11.9. The molecular formula is C14H19BrN2O3S. The quantitative estimate of drug-likeness (QED) is 0.634. The van der Waals surface area contributed by atoms with Crippen molar-refractivity contribution >= 4 is 45.4 Å². The summed E-state index contributed by atoms with van der Waals surface area (Å²) in [6.07, 6.45) is 0.891. The molecule has 0 fully saturated rings. The Morgan fingerprint density at radius 2 is 2.14 bits per heavy atom. The minimum atomic E-state index is -1.03. The van der Waals surface area contributed by atoms with Gasteiger partial charge in [0.2, 0.25) is 0 Å². The fourth-order valence-electron chi connectivity index (χ4n) is 1.61. The highest BCUT2D eigenvalue weighted by Crippen LogP contribution is 2.23. The smallest absolute Gasteiger partial charge is 0.335 e. The molecule has 0 saturated heterocycles. The molecule has 3 N–H and O–H groups in total. The first-order valence-corrected chi connectivity index (χ1v) is 8.57. The summed E-state index contributed by atoms with van der Waals surface area (Å²) in [4.78, 5) is 22.8. The minimum absolute atomic E-state index is 0.0606. The number of hydrogen-bond acceptors (Lipinski definition) is 3. The van der Waals surface area contributed by atoms with Crippen LogP contribution in [-0.2, 0) is 0 Å². The monoisotopic (exact) mass is 374 g/mol. The van der Waals surface area contributed by atoms with Crippen molar-refractivity contribution in [3.05, 3.63) is 28.2 Å². The van der Waals surface area contributed by atoms with E-state index in [1.807, 2.05) is 18.7 Å². The fraction of sp³-hybridized carbons (Fsp3) is 0.429. The van der Waals surface area contributed by atoms with E-state index in [-0.39, 0.29) is 17.6 Å². The number of anilines is 1. The second kappa shape index (κ2) is 8.94. The van der Waals surface area contributed by atoms with E-state index in [1.54, 1.807) is 6.07 Å². The van der Waals surface area contributed by atoms with E-state index in [0.29, 0.717) is 10.2 Å². The predicted molar refractivity (Wildman–Crippen MR) is 90.3 cm³/mol. The molecule has 0 spiro atoms. The van der Waals surface area contributed by atoms with Crippen LogP contribution >= 0.6 is 27.7 Å². The fourth-order valence-corrected chi connectivity index (χ4v) is 2.77. The maximum Gasteiger partial charge on any atom is 0.335 e. The van der Waals surface area contributed by atoms with E-state index >= 15 is 0 Å². The van der Waals surface area contributed by atoms with Gasteiger partial charge in [0.15, 0.2) is 0 Å². The third-order valence-corrected chi connectivity index (χ3v) is 4.36. The molecule has 7 heteroatoms. The van der Waals surface area contributed by atoms with Crippen LogP contribution in [0.25, 0.3) is 0 Å². The van der Waals surface area contributed by atoms with Crippen molar-refractivity contribution < 1.29 is 14.7 Å². The van der Waals surface area contributed by atoms with Crippen LogP contribution in [0.5, 0.6) is 0 Å². The molecule has 1 aromatic carbocycles. The summed E-state index contributed by atoms with van der Waals surface area (Å²) >= 11 is 5.12. The molecule has 0 bridgehead atoms. The third-order valence-electron chi connectivity index (χ3n) is 2.74. The van der Waals surface area contributed by atoms with Crippen molar-refractivity contribution in [1.29, 1.82) is 0 Å². The summed E-state index contributed by atoms with van der Waals surface area (Å²) < 4.78 is 0.636. The number of carbonyl (C=O) groups excluding carboxylic acids is 1. The van der Waals surface area contributed by atoms with Gasteiger partial charge in [0.25, 0.3) is 0 Å². The first kappa shape index (κ1) is 17.8. The summed E-state index contributed by atoms with van der Waals surface area (Å²) in [5.41, 5.74) is 0.559. The Bertz CT molecular complexity index is 511. The summed E-state index contributed by atoms with van der Waals surface area (Å²) in [5, 5.41) is 14.4. The molecule has 0 heterocycles. The second-order valence-electron chi connectivity index (χ2n) is 4.48. The van der Waals surface area contributed by atoms with Crippen LogP contribution in [-0.4, -0.2) is 34.7 Å². The summed E-state index contributed by atoms with van der Waals surface area (Å²) in [7, 11) is 0. The van der Waals surface area contributed by atoms with Crippen LogP contribution in [0.2, 0.25) is 0 Å². The molecule has 0 radical (unpaired) electrons. The SMILES string of the molecule is CCSCCC(C)NC(=O)Nc1cc(C(=O)O)ccc1Br. The highest BCUT2D eigenvalue weighted by molar-refractivity contribution is 9.10. The molecule has 21 heavy (non-hydrogen) atoms. The molecule has 0 aliphatic heterocycles. The van der Waals surface area contributed by atoms with Crippen molar-refractivity contribution in [2.24, 2.45) is 0 Å². The summed E-state index contributed by atoms with van der Waals surface area (Å²) in [6, 6.07) is 4.21. The standard InChI is InChI=1S/C14H19BrN2O3S/c1-3-21-7-6-9(2)16-14(20)17-12-8-10(13(18)19)4-5-11(12)15/h4-5,8-9H,3,6-7H2,1-2H3,(H,18,19)(H2,16,17,20). The number of rotatable bonds is 7. The van der Waals surface area contributed by atoms with Gasteiger partial charge in [-0.15, -0.1) is 0 Å². The number of carboxylic acids is 1. The Labute approximate surface area is 137 Å². The number of thioether (sulfide) groups is 1. The van der Waals surface area contributed by atoms with Crippen LogP contribution in [0.3, 0.4) is 0 Å². The van der Waals surface area contributed by atoms with E-state index in [4.69, 9.17) is 5.11 Å². The van der Waals surface area contributed by atoms with Gasteiger partial charge in [-0.1, -0.05) is 6.92 Å². The molecule has 1 aromatic rings. The molecule has 1 atom stereocenters. The van der Waals surface area contributed by atoms with Gasteiger partial charge >= 0.3 is 12.0 Å². The van der Waals surface area contributed by atoms with Gasteiger partial charge in [-0.25, -0.2) is 9.59 Å². The van der Waals surface area contributed by atoms with Crippen molar-refractivity contribution in [1.82, 2.24) is 5.32 Å².